The van der Waals surface area contributed by atoms with Gasteiger partial charge in [-0.25, -0.2) is 4.90 Å². The zero-order valence-electron chi connectivity index (χ0n) is 14.6. The lowest BCUT2D eigenvalue weighted by atomic mass is 9.90. The fraction of sp³-hybridized carbons (Fsp3) is 1.00. The van der Waals surface area contributed by atoms with E-state index >= 15 is 0 Å². The van der Waals surface area contributed by atoms with Crippen molar-refractivity contribution in [3.8, 4) is 0 Å². The van der Waals surface area contributed by atoms with Crippen molar-refractivity contribution >= 4 is 0 Å². The zero-order chi connectivity index (χ0) is 26.4. The van der Waals surface area contributed by atoms with Crippen LogP contribution in [0.3, 0.4) is 0 Å². The lowest BCUT2D eigenvalue weighted by Gasteiger charge is -2.44. The van der Waals surface area contributed by atoms with Crippen LogP contribution in [0.1, 0.15) is 0 Å². The fourth-order valence-electron chi connectivity index (χ4n) is 1.99. The van der Waals surface area contributed by atoms with Gasteiger partial charge >= 0.3 is 47.8 Å². The Balaban J connectivity index is 6.77. The van der Waals surface area contributed by atoms with Gasteiger partial charge in [-0.2, -0.15) is 74.6 Å². The van der Waals surface area contributed by atoms with Crippen molar-refractivity contribution in [3.05, 3.63) is 0 Å². The van der Waals surface area contributed by atoms with E-state index < -0.39 is 79.0 Å². The van der Waals surface area contributed by atoms with Crippen LogP contribution in [0.25, 0.3) is 0 Å². The maximum atomic E-state index is 13.8. The van der Waals surface area contributed by atoms with Crippen molar-refractivity contribution < 1.29 is 84.9 Å². The van der Waals surface area contributed by atoms with Crippen LogP contribution in [-0.2, 0) is 0 Å². The van der Waals surface area contributed by atoms with Gasteiger partial charge in [0.25, 0.3) is 0 Å². The smallest absolute Gasteiger partial charge is 0.395 e. The van der Waals surface area contributed by atoms with Gasteiger partial charge in [-0.15, -0.1) is 0 Å². The maximum Gasteiger partial charge on any atom is 0.460 e. The van der Waals surface area contributed by atoms with Crippen molar-refractivity contribution in [2.45, 2.75) is 47.8 Å². The number of halogens is 17. The van der Waals surface area contributed by atoms with E-state index in [-0.39, 0.29) is 0 Å². The Kier molecular flexibility index (Phi) is 8.13. The summed E-state index contributed by atoms with van der Waals surface area (Å²) in [4.78, 5) is -1.39. The number of hydrogen-bond acceptors (Lipinski definition) is 3. The lowest BCUT2D eigenvalue weighted by Crippen LogP contribution is -2.75. The van der Waals surface area contributed by atoms with Crippen molar-refractivity contribution in [2.75, 3.05) is 26.3 Å². The highest BCUT2D eigenvalue weighted by Crippen LogP contribution is 2.64. The number of hydrogen-bond donors (Lipinski definition) is 2. The Morgan fingerprint density at radius 2 is 0.656 bits per heavy atom. The minimum Gasteiger partial charge on any atom is -0.395 e. The van der Waals surface area contributed by atoms with Crippen LogP contribution in [0, 0.1) is 0 Å². The third-order valence-electron chi connectivity index (χ3n) is 3.84. The summed E-state index contributed by atoms with van der Waals surface area (Å²) in [5.41, 5.74) is 0. The Bertz CT molecular complexity index is 638. The van der Waals surface area contributed by atoms with Gasteiger partial charge in [0, 0.05) is 13.1 Å². The Morgan fingerprint density at radius 1 is 0.406 bits per heavy atom. The molecule has 0 rings (SSSR count). The van der Waals surface area contributed by atoms with E-state index in [9.17, 15) is 74.6 Å². The Hall–Kier alpha value is -1.31. The molecule has 2 N–H and O–H groups in total. The van der Waals surface area contributed by atoms with Crippen molar-refractivity contribution in [1.29, 1.82) is 0 Å². The predicted octanol–water partition coefficient (Wildman–Crippen LogP) is 4.24. The first-order chi connectivity index (χ1) is 13.8. The number of aliphatic hydroxyl groups excluding tert-OH is 2. The van der Waals surface area contributed by atoms with Gasteiger partial charge in [-0.05, 0) is 0 Å². The second-order valence-electron chi connectivity index (χ2n) is 5.92. The zero-order valence-corrected chi connectivity index (χ0v) is 14.6. The monoisotopic (exact) mass is 523 g/mol. The van der Waals surface area contributed by atoms with E-state index in [1.54, 1.807) is 0 Å². The highest BCUT2D eigenvalue weighted by Gasteiger charge is 2.95. The van der Waals surface area contributed by atoms with Crippen LogP contribution >= 0.6 is 0 Å². The van der Waals surface area contributed by atoms with Gasteiger partial charge < -0.3 is 10.2 Å². The normalized spacial score (nSPS) is 16.1. The molecular formula is C12H10F17NO2. The van der Waals surface area contributed by atoms with Crippen LogP contribution in [0.4, 0.5) is 74.6 Å². The second kappa shape index (κ2) is 8.48. The minimum atomic E-state index is -8.69. The van der Waals surface area contributed by atoms with Crippen molar-refractivity contribution in [1.82, 2.24) is 4.90 Å². The summed E-state index contributed by atoms with van der Waals surface area (Å²) in [5, 5.41) is 16.8. The summed E-state index contributed by atoms with van der Waals surface area (Å²) < 4.78 is 223. The van der Waals surface area contributed by atoms with E-state index in [0.717, 1.165) is 0 Å². The maximum absolute atomic E-state index is 13.8. The molecule has 194 valence electrons. The molecule has 0 fully saturated rings. The molecule has 0 aromatic rings. The first-order valence-corrected chi connectivity index (χ1v) is 7.45. The molecule has 0 heterocycles. The predicted molar refractivity (Wildman–Crippen MR) is 66.4 cm³/mol. The summed E-state index contributed by atoms with van der Waals surface area (Å²) >= 11 is 0. The van der Waals surface area contributed by atoms with E-state index in [4.69, 9.17) is 10.2 Å². The molecule has 0 bridgehead atoms. The molecule has 0 aliphatic heterocycles. The summed E-state index contributed by atoms with van der Waals surface area (Å²) in [6.45, 7) is -6.97. The summed E-state index contributed by atoms with van der Waals surface area (Å²) in [6, 6.07) is -6.77. The molecule has 0 amide bonds. The topological polar surface area (TPSA) is 43.7 Å². The molecule has 0 aliphatic rings. The molecule has 0 saturated carbocycles. The standard InChI is InChI=1S/C12H10F17NO2/c13-5(14,7(17,18)9(21,22)11(25,26)27)6(15,16)8(19,20)10(23,24)12(28,29)30(1-3-31)2-4-32/h31-32H,1-4H2. The first kappa shape index (κ1) is 30.7. The van der Waals surface area contributed by atoms with E-state index in [1.807, 2.05) is 0 Å². The molecule has 0 saturated heterocycles. The van der Waals surface area contributed by atoms with Gasteiger partial charge in [0.1, 0.15) is 0 Å². The van der Waals surface area contributed by atoms with Gasteiger partial charge in [-0.3, -0.25) is 0 Å². The van der Waals surface area contributed by atoms with E-state index in [0.29, 0.717) is 0 Å². The SMILES string of the molecule is OCCN(CCO)C(F)(F)C(F)(F)C(F)(F)C(F)(F)C(F)(F)C(F)(F)C(F)(F)C(F)(F)F. The number of nitrogens with zero attached hydrogens (tertiary/aromatic N) is 1. The number of alkyl halides is 17. The third-order valence-corrected chi connectivity index (χ3v) is 3.84. The molecule has 0 spiro atoms. The van der Waals surface area contributed by atoms with E-state index in [1.165, 1.54) is 0 Å². The molecular weight excluding hydrogens is 513 g/mol. The molecule has 0 aliphatic carbocycles. The molecule has 0 unspecified atom stereocenters. The fourth-order valence-corrected chi connectivity index (χ4v) is 1.99. The molecule has 0 atom stereocenters. The van der Waals surface area contributed by atoms with Crippen molar-refractivity contribution in [3.63, 3.8) is 0 Å². The quantitative estimate of drug-likeness (QED) is 0.315. The minimum absolute atomic E-state index is 1.39. The number of rotatable bonds is 11. The largest absolute Gasteiger partial charge is 0.460 e. The van der Waals surface area contributed by atoms with Crippen molar-refractivity contribution in [2.24, 2.45) is 0 Å². The third kappa shape index (κ3) is 4.05. The van der Waals surface area contributed by atoms with Gasteiger partial charge in [0.05, 0.1) is 13.2 Å². The highest BCUT2D eigenvalue weighted by atomic mass is 19.4. The first-order valence-electron chi connectivity index (χ1n) is 7.45. The number of aliphatic hydroxyl groups is 2. The second-order valence-corrected chi connectivity index (χ2v) is 5.92. The molecule has 0 radical (unpaired) electrons. The average molecular weight is 523 g/mol. The van der Waals surface area contributed by atoms with Crippen LogP contribution in [0.5, 0.6) is 0 Å². The summed E-state index contributed by atoms with van der Waals surface area (Å²) in [7, 11) is 0. The average Bonchev–Trinajstić information content (AvgIpc) is 2.59. The van der Waals surface area contributed by atoms with Gasteiger partial charge in [0.15, 0.2) is 0 Å². The van der Waals surface area contributed by atoms with Crippen LogP contribution in [0.15, 0.2) is 0 Å². The highest BCUT2D eigenvalue weighted by molar-refractivity contribution is 5.15. The Morgan fingerprint density at radius 3 is 0.906 bits per heavy atom. The molecule has 0 aromatic heterocycles. The summed E-state index contributed by atoms with van der Waals surface area (Å²) in [6.07, 6.45) is -7.81. The van der Waals surface area contributed by atoms with Crippen LogP contribution < -0.4 is 0 Å². The summed E-state index contributed by atoms with van der Waals surface area (Å²) in [5.74, 6) is -50.4. The van der Waals surface area contributed by atoms with Gasteiger partial charge in [0.2, 0.25) is 0 Å². The lowest BCUT2D eigenvalue weighted by molar-refractivity contribution is -0.468. The van der Waals surface area contributed by atoms with Crippen LogP contribution in [-0.4, -0.2) is 89.2 Å². The Labute approximate surface area is 165 Å². The molecule has 32 heavy (non-hydrogen) atoms. The van der Waals surface area contributed by atoms with Gasteiger partial charge in [-0.1, -0.05) is 0 Å². The van der Waals surface area contributed by atoms with Crippen LogP contribution in [0.2, 0.25) is 0 Å². The molecule has 0 aromatic carbocycles. The van der Waals surface area contributed by atoms with E-state index in [2.05, 4.69) is 0 Å². The molecule has 20 heteroatoms. The molecule has 3 nitrogen and oxygen atoms in total.